The van der Waals surface area contributed by atoms with Gasteiger partial charge in [-0.1, -0.05) is 0 Å². The molecule has 0 saturated carbocycles. The van der Waals surface area contributed by atoms with Gasteiger partial charge >= 0.3 is 0 Å². The topological polar surface area (TPSA) is 12.9 Å². The molecule has 0 aromatic carbocycles. The predicted molar refractivity (Wildman–Crippen MR) is 41.2 cm³/mol. The molecule has 0 N–H and O–H groups in total. The van der Waals surface area contributed by atoms with E-state index in [4.69, 9.17) is 0 Å². The van der Waals surface area contributed by atoms with E-state index in [-0.39, 0.29) is 12.0 Å². The van der Waals surface area contributed by atoms with Crippen LogP contribution in [0.3, 0.4) is 0 Å². The molecule has 0 fully saturated rings. The second-order valence-corrected chi connectivity index (χ2v) is 3.19. The first kappa shape index (κ1) is 7.65. The Morgan fingerprint density at radius 3 is 3.00 bits per heavy atom. The minimum atomic E-state index is -2.64. The van der Waals surface area contributed by atoms with Crippen LogP contribution >= 0.6 is 0 Å². The molecule has 0 radical (unpaired) electrons. The van der Waals surface area contributed by atoms with Crippen LogP contribution in [0.5, 0.6) is 0 Å². The van der Waals surface area contributed by atoms with Crippen LogP contribution in [0.1, 0.15) is 23.2 Å². The van der Waals surface area contributed by atoms with Crippen LogP contribution in [-0.4, -0.2) is 4.98 Å². The molecule has 3 heteroatoms. The van der Waals surface area contributed by atoms with E-state index in [9.17, 15) is 8.78 Å². The maximum Gasteiger partial charge on any atom is 0.275 e. The summed E-state index contributed by atoms with van der Waals surface area (Å²) < 4.78 is 26.1. The number of fused-ring (bicyclic) bond motifs is 1. The van der Waals surface area contributed by atoms with Gasteiger partial charge in [0, 0.05) is 23.9 Å². The lowest BCUT2D eigenvalue weighted by molar-refractivity contribution is -0.00212. The molecule has 1 aromatic heterocycles. The molecule has 0 unspecified atom stereocenters. The van der Waals surface area contributed by atoms with Gasteiger partial charge in [-0.2, -0.15) is 0 Å². The molecular weight excluding hydrogens is 160 g/mol. The monoisotopic (exact) mass is 169 g/mol. The average molecular weight is 169 g/mol. The third-order valence-corrected chi connectivity index (χ3v) is 2.23. The van der Waals surface area contributed by atoms with E-state index in [0.717, 1.165) is 11.3 Å². The van der Waals surface area contributed by atoms with Crippen LogP contribution in [0.25, 0.3) is 0 Å². The predicted octanol–water partition coefficient (Wildman–Crippen LogP) is 2.43. The number of hydrogen-bond acceptors (Lipinski definition) is 1. The number of hydrogen-bond donors (Lipinski definition) is 0. The Morgan fingerprint density at radius 2 is 2.25 bits per heavy atom. The van der Waals surface area contributed by atoms with Gasteiger partial charge in [-0.25, -0.2) is 8.78 Å². The van der Waals surface area contributed by atoms with Gasteiger partial charge in [-0.15, -0.1) is 0 Å². The molecule has 1 aliphatic rings. The molecule has 0 bridgehead atoms. The van der Waals surface area contributed by atoms with Crippen molar-refractivity contribution in [2.75, 3.05) is 0 Å². The van der Waals surface area contributed by atoms with Crippen LogP contribution in [-0.2, 0) is 12.3 Å². The number of halogens is 2. The Kier molecular flexibility index (Phi) is 1.43. The second-order valence-electron chi connectivity index (χ2n) is 3.19. The lowest BCUT2D eigenvalue weighted by Crippen LogP contribution is -2.07. The zero-order valence-electron chi connectivity index (χ0n) is 6.77. The molecule has 12 heavy (non-hydrogen) atoms. The number of nitrogens with zero attached hydrogens (tertiary/aromatic N) is 1. The maximum atomic E-state index is 13.0. The molecule has 0 amide bonds. The fourth-order valence-corrected chi connectivity index (χ4v) is 1.58. The largest absolute Gasteiger partial charge is 0.275 e. The first-order chi connectivity index (χ1) is 5.59. The van der Waals surface area contributed by atoms with E-state index in [0.29, 0.717) is 6.42 Å². The van der Waals surface area contributed by atoms with Crippen molar-refractivity contribution in [3.8, 4) is 0 Å². The molecule has 64 valence electrons. The average Bonchev–Trinajstić information content (AvgIpc) is 2.27. The van der Waals surface area contributed by atoms with Crippen LogP contribution in [0.4, 0.5) is 8.78 Å². The van der Waals surface area contributed by atoms with E-state index in [2.05, 4.69) is 4.98 Å². The van der Waals surface area contributed by atoms with E-state index in [1.54, 1.807) is 6.07 Å². The zero-order chi connectivity index (χ0) is 8.77. The van der Waals surface area contributed by atoms with Crippen molar-refractivity contribution in [1.29, 1.82) is 0 Å². The Hall–Kier alpha value is -0.990. The summed E-state index contributed by atoms with van der Waals surface area (Å²) in [5.74, 6) is -2.64. The molecule has 1 nitrogen and oxygen atoms in total. The minimum absolute atomic E-state index is 0.0620. The molecule has 1 aliphatic carbocycles. The first-order valence-electron chi connectivity index (χ1n) is 3.93. The van der Waals surface area contributed by atoms with E-state index in [1.807, 2.05) is 6.92 Å². The van der Waals surface area contributed by atoms with Crippen molar-refractivity contribution in [2.45, 2.75) is 25.7 Å². The van der Waals surface area contributed by atoms with Crippen molar-refractivity contribution >= 4 is 0 Å². The molecule has 1 heterocycles. The number of alkyl halides is 2. The summed E-state index contributed by atoms with van der Waals surface area (Å²) in [4.78, 5) is 3.87. The van der Waals surface area contributed by atoms with Gasteiger partial charge < -0.3 is 0 Å². The third-order valence-electron chi connectivity index (χ3n) is 2.23. The van der Waals surface area contributed by atoms with Crippen LogP contribution in [0, 0.1) is 6.92 Å². The number of rotatable bonds is 0. The highest BCUT2D eigenvalue weighted by atomic mass is 19.3. The van der Waals surface area contributed by atoms with Gasteiger partial charge in [0.1, 0.15) is 0 Å². The normalized spacial score (nSPS) is 19.2. The third kappa shape index (κ3) is 1.00. The summed E-state index contributed by atoms with van der Waals surface area (Å²) in [6, 6.07) is 1.75. The molecule has 0 atom stereocenters. The van der Waals surface area contributed by atoms with Crippen LogP contribution in [0.15, 0.2) is 12.3 Å². The van der Waals surface area contributed by atoms with Gasteiger partial charge in [0.2, 0.25) is 0 Å². The number of pyridine rings is 1. The van der Waals surface area contributed by atoms with Crippen molar-refractivity contribution in [3.63, 3.8) is 0 Å². The lowest BCUT2D eigenvalue weighted by Gasteiger charge is -2.08. The van der Waals surface area contributed by atoms with Gasteiger partial charge in [0.25, 0.3) is 5.92 Å². The van der Waals surface area contributed by atoms with E-state index >= 15 is 0 Å². The second kappa shape index (κ2) is 2.25. The fraction of sp³-hybridized carbons (Fsp3) is 0.444. The van der Waals surface area contributed by atoms with Crippen molar-refractivity contribution in [3.05, 3.63) is 29.1 Å². The highest BCUT2D eigenvalue weighted by Crippen LogP contribution is 2.40. The highest BCUT2D eigenvalue weighted by Gasteiger charge is 2.39. The molecule has 0 saturated heterocycles. The first-order valence-corrected chi connectivity index (χ1v) is 3.93. The highest BCUT2D eigenvalue weighted by molar-refractivity contribution is 5.34. The summed E-state index contributed by atoms with van der Waals surface area (Å²) >= 11 is 0. The summed E-state index contributed by atoms with van der Waals surface area (Å²) in [5, 5.41) is 0. The van der Waals surface area contributed by atoms with Crippen molar-refractivity contribution < 1.29 is 8.78 Å². The Balaban J connectivity index is 2.55. The molecule has 2 rings (SSSR count). The van der Waals surface area contributed by atoms with Crippen LogP contribution in [0.2, 0.25) is 0 Å². The van der Waals surface area contributed by atoms with Gasteiger partial charge in [0.05, 0.1) is 0 Å². The Labute approximate surface area is 69.4 Å². The molecular formula is C9H9F2N. The number of aryl methyl sites for hydroxylation is 2. The molecule has 0 spiro atoms. The maximum absolute atomic E-state index is 13.0. The lowest BCUT2D eigenvalue weighted by atomic mass is 10.1. The van der Waals surface area contributed by atoms with Gasteiger partial charge in [-0.05, 0) is 25.0 Å². The molecule has 1 aromatic rings. The van der Waals surface area contributed by atoms with E-state index < -0.39 is 5.92 Å². The van der Waals surface area contributed by atoms with Gasteiger partial charge in [0.15, 0.2) is 0 Å². The quantitative estimate of drug-likeness (QED) is 0.581. The Morgan fingerprint density at radius 1 is 1.50 bits per heavy atom. The summed E-state index contributed by atoms with van der Waals surface area (Å²) in [6.45, 7) is 1.82. The van der Waals surface area contributed by atoms with Crippen LogP contribution < -0.4 is 0 Å². The summed E-state index contributed by atoms with van der Waals surface area (Å²) in [7, 11) is 0. The smallest absolute Gasteiger partial charge is 0.261 e. The standard InChI is InChI=1S/C9H9F2N/c1-6-4-7-2-3-9(10,11)8(7)5-12-6/h4-5H,2-3H2,1H3. The summed E-state index contributed by atoms with van der Waals surface area (Å²) in [6.07, 6.45) is 1.72. The van der Waals surface area contributed by atoms with Crippen molar-refractivity contribution in [2.24, 2.45) is 0 Å². The summed E-state index contributed by atoms with van der Waals surface area (Å²) in [5.41, 5.74) is 1.69. The minimum Gasteiger partial charge on any atom is -0.261 e. The van der Waals surface area contributed by atoms with E-state index in [1.165, 1.54) is 6.20 Å². The van der Waals surface area contributed by atoms with Gasteiger partial charge in [-0.3, -0.25) is 4.98 Å². The SMILES string of the molecule is Cc1cc2c(cn1)C(F)(F)CC2. The number of aromatic nitrogens is 1. The zero-order valence-corrected chi connectivity index (χ0v) is 6.77. The van der Waals surface area contributed by atoms with Crippen molar-refractivity contribution in [1.82, 2.24) is 4.98 Å². The molecule has 0 aliphatic heterocycles. The Bertz CT molecular complexity index is 320. The fourth-order valence-electron chi connectivity index (χ4n) is 1.58.